The fraction of sp³-hybridized carbons (Fsp3) is 0.846. The van der Waals surface area contributed by atoms with Crippen LogP contribution in [0, 0.1) is 0 Å². The van der Waals surface area contributed by atoms with Gasteiger partial charge in [0, 0.05) is 31.6 Å². The first-order chi connectivity index (χ1) is 9.82. The van der Waals surface area contributed by atoms with Crippen molar-refractivity contribution < 1.29 is 12.9 Å². The highest BCUT2D eigenvalue weighted by Crippen LogP contribution is 2.23. The Hall–Kier alpha value is -1.15. The van der Waals surface area contributed by atoms with Crippen molar-refractivity contribution >= 4 is 16.0 Å². The number of piperidine rings is 1. The number of rotatable bonds is 5. The second-order valence-electron chi connectivity index (χ2n) is 5.77. The van der Waals surface area contributed by atoms with E-state index in [0.29, 0.717) is 18.4 Å². The molecule has 120 valence electrons. The van der Waals surface area contributed by atoms with Gasteiger partial charge in [-0.05, 0) is 12.8 Å². The molecule has 1 aromatic heterocycles. The van der Waals surface area contributed by atoms with Gasteiger partial charge in [-0.2, -0.15) is 9.29 Å². The molecule has 0 spiro atoms. The Labute approximate surface area is 126 Å². The zero-order valence-electron chi connectivity index (χ0n) is 13.1. The van der Waals surface area contributed by atoms with E-state index in [1.54, 1.807) is 4.31 Å². The molecule has 1 aliphatic heterocycles. The normalized spacial score (nSPS) is 17.9. The van der Waals surface area contributed by atoms with Crippen molar-refractivity contribution in [3.05, 3.63) is 5.82 Å². The minimum Gasteiger partial charge on any atom is -0.324 e. The fourth-order valence-corrected chi connectivity index (χ4v) is 3.92. The standard InChI is InChI=1S/C13H24N4O3S/c1-5-17(21(4,18)19)11-6-8-16(9-7-11)13-14-12(10(2)3)15-20-13/h10-11H,5-9H2,1-4H3. The molecule has 1 saturated heterocycles. The van der Waals surface area contributed by atoms with Crippen molar-refractivity contribution in [1.82, 2.24) is 14.4 Å². The predicted molar refractivity (Wildman–Crippen MR) is 80.8 cm³/mol. The Bertz CT molecular complexity index is 562. The first-order valence-electron chi connectivity index (χ1n) is 7.38. The van der Waals surface area contributed by atoms with E-state index < -0.39 is 10.0 Å². The van der Waals surface area contributed by atoms with Crippen LogP contribution in [0.25, 0.3) is 0 Å². The van der Waals surface area contributed by atoms with E-state index in [2.05, 4.69) is 10.1 Å². The van der Waals surface area contributed by atoms with Crippen LogP contribution in [0.4, 0.5) is 6.01 Å². The molecule has 1 fully saturated rings. The predicted octanol–water partition coefficient (Wildman–Crippen LogP) is 1.44. The van der Waals surface area contributed by atoms with Crippen LogP contribution in [-0.4, -0.2) is 54.8 Å². The van der Waals surface area contributed by atoms with E-state index in [0.717, 1.165) is 25.9 Å². The van der Waals surface area contributed by atoms with Crippen molar-refractivity contribution in [2.45, 2.75) is 45.6 Å². The van der Waals surface area contributed by atoms with Gasteiger partial charge in [0.25, 0.3) is 0 Å². The molecule has 0 aliphatic carbocycles. The summed E-state index contributed by atoms with van der Waals surface area (Å²) >= 11 is 0. The Morgan fingerprint density at radius 1 is 1.38 bits per heavy atom. The Morgan fingerprint density at radius 3 is 2.43 bits per heavy atom. The number of aromatic nitrogens is 2. The van der Waals surface area contributed by atoms with Gasteiger partial charge in [-0.1, -0.05) is 25.9 Å². The van der Waals surface area contributed by atoms with Crippen LogP contribution in [0.3, 0.4) is 0 Å². The Morgan fingerprint density at radius 2 is 2.00 bits per heavy atom. The molecular formula is C13H24N4O3S. The van der Waals surface area contributed by atoms with Crippen molar-refractivity contribution in [3.63, 3.8) is 0 Å². The van der Waals surface area contributed by atoms with Gasteiger partial charge in [-0.25, -0.2) is 8.42 Å². The van der Waals surface area contributed by atoms with E-state index in [1.165, 1.54) is 6.26 Å². The summed E-state index contributed by atoms with van der Waals surface area (Å²) in [7, 11) is -3.14. The highest BCUT2D eigenvalue weighted by atomic mass is 32.2. The number of hydrogen-bond donors (Lipinski definition) is 0. The van der Waals surface area contributed by atoms with Gasteiger partial charge in [-0.15, -0.1) is 0 Å². The van der Waals surface area contributed by atoms with Crippen molar-refractivity contribution in [3.8, 4) is 0 Å². The quantitative estimate of drug-likeness (QED) is 0.818. The molecule has 0 atom stereocenters. The van der Waals surface area contributed by atoms with Gasteiger partial charge in [0.2, 0.25) is 10.0 Å². The molecule has 0 saturated carbocycles. The second-order valence-corrected chi connectivity index (χ2v) is 7.71. The van der Waals surface area contributed by atoms with Gasteiger partial charge in [0.15, 0.2) is 5.82 Å². The summed E-state index contributed by atoms with van der Waals surface area (Å²) in [6.45, 7) is 7.90. The smallest absolute Gasteiger partial charge is 0.324 e. The Kier molecular flexibility index (Phi) is 4.88. The molecule has 1 aliphatic rings. The Balaban J connectivity index is 1.99. The van der Waals surface area contributed by atoms with Gasteiger partial charge < -0.3 is 9.42 Å². The lowest BCUT2D eigenvalue weighted by atomic mass is 10.1. The molecule has 0 aromatic carbocycles. The average Bonchev–Trinajstić information content (AvgIpc) is 2.88. The summed E-state index contributed by atoms with van der Waals surface area (Å²) in [6, 6.07) is 0.605. The van der Waals surface area contributed by atoms with E-state index in [9.17, 15) is 8.42 Å². The molecule has 0 radical (unpaired) electrons. The molecule has 2 heterocycles. The monoisotopic (exact) mass is 316 g/mol. The lowest BCUT2D eigenvalue weighted by Gasteiger charge is -2.35. The fourth-order valence-electron chi connectivity index (χ4n) is 2.70. The van der Waals surface area contributed by atoms with Gasteiger partial charge >= 0.3 is 6.01 Å². The third-order valence-electron chi connectivity index (χ3n) is 3.83. The maximum atomic E-state index is 11.8. The largest absolute Gasteiger partial charge is 0.324 e. The van der Waals surface area contributed by atoms with E-state index in [1.807, 2.05) is 25.7 Å². The minimum absolute atomic E-state index is 0.0636. The summed E-state index contributed by atoms with van der Waals surface area (Å²) in [4.78, 5) is 6.42. The number of nitrogens with zero attached hydrogens (tertiary/aromatic N) is 4. The highest BCUT2D eigenvalue weighted by Gasteiger charge is 2.30. The summed E-state index contributed by atoms with van der Waals surface area (Å²) in [5, 5.41) is 3.97. The van der Waals surface area contributed by atoms with Gasteiger partial charge in [-0.3, -0.25) is 0 Å². The molecule has 0 bridgehead atoms. The zero-order valence-corrected chi connectivity index (χ0v) is 13.9. The van der Waals surface area contributed by atoms with Crippen LogP contribution in [0.5, 0.6) is 0 Å². The third-order valence-corrected chi connectivity index (χ3v) is 5.24. The zero-order chi connectivity index (χ0) is 15.6. The van der Waals surface area contributed by atoms with Crippen molar-refractivity contribution in [1.29, 1.82) is 0 Å². The third kappa shape index (κ3) is 3.74. The van der Waals surface area contributed by atoms with Gasteiger partial charge in [0.1, 0.15) is 0 Å². The van der Waals surface area contributed by atoms with Crippen LogP contribution in [0.15, 0.2) is 4.52 Å². The maximum Gasteiger partial charge on any atom is 0.324 e. The molecule has 21 heavy (non-hydrogen) atoms. The maximum absolute atomic E-state index is 11.8. The summed E-state index contributed by atoms with van der Waals surface area (Å²) < 4.78 is 30.4. The van der Waals surface area contributed by atoms with Crippen molar-refractivity contribution in [2.75, 3.05) is 30.8 Å². The topological polar surface area (TPSA) is 79.5 Å². The molecule has 0 N–H and O–H groups in total. The van der Waals surface area contributed by atoms with Crippen LogP contribution in [0.2, 0.25) is 0 Å². The van der Waals surface area contributed by atoms with Crippen LogP contribution < -0.4 is 4.90 Å². The minimum atomic E-state index is -3.14. The van der Waals surface area contributed by atoms with Gasteiger partial charge in [0.05, 0.1) is 6.26 Å². The molecule has 0 unspecified atom stereocenters. The first-order valence-corrected chi connectivity index (χ1v) is 9.23. The van der Waals surface area contributed by atoms with E-state index in [-0.39, 0.29) is 12.0 Å². The molecular weight excluding hydrogens is 292 g/mol. The lowest BCUT2D eigenvalue weighted by molar-refractivity contribution is 0.278. The molecule has 0 amide bonds. The van der Waals surface area contributed by atoms with Crippen LogP contribution in [0.1, 0.15) is 45.4 Å². The van der Waals surface area contributed by atoms with Crippen LogP contribution >= 0.6 is 0 Å². The van der Waals surface area contributed by atoms with Crippen molar-refractivity contribution in [2.24, 2.45) is 0 Å². The second kappa shape index (κ2) is 6.31. The van der Waals surface area contributed by atoms with E-state index >= 15 is 0 Å². The molecule has 2 rings (SSSR count). The molecule has 1 aromatic rings. The summed E-state index contributed by atoms with van der Waals surface area (Å²) in [6.07, 6.45) is 2.83. The highest BCUT2D eigenvalue weighted by molar-refractivity contribution is 7.88. The lowest BCUT2D eigenvalue weighted by Crippen LogP contribution is -2.47. The number of hydrogen-bond acceptors (Lipinski definition) is 6. The summed E-state index contributed by atoms with van der Waals surface area (Å²) in [5.41, 5.74) is 0. The number of sulfonamides is 1. The SMILES string of the molecule is CCN(C1CCN(c2nc(C(C)C)no2)CC1)S(C)(=O)=O. The molecule has 8 heteroatoms. The summed E-state index contributed by atoms with van der Waals surface area (Å²) in [5.74, 6) is 0.944. The van der Waals surface area contributed by atoms with Crippen LogP contribution in [-0.2, 0) is 10.0 Å². The number of anilines is 1. The van der Waals surface area contributed by atoms with E-state index in [4.69, 9.17) is 4.52 Å². The molecule has 7 nitrogen and oxygen atoms in total. The average molecular weight is 316 g/mol. The first kappa shape index (κ1) is 16.2.